The lowest BCUT2D eigenvalue weighted by Crippen LogP contribution is -2.47. The first-order valence-corrected chi connectivity index (χ1v) is 10.7. The number of carbonyl (C=O) groups is 3. The van der Waals surface area contributed by atoms with Crippen molar-refractivity contribution in [3.8, 4) is 0 Å². The molecule has 0 spiro atoms. The molecule has 3 aromatic rings. The van der Waals surface area contributed by atoms with Crippen LogP contribution in [0.2, 0.25) is 0 Å². The number of nitrogens with one attached hydrogen (secondary N) is 2. The largest absolute Gasteiger partial charge is 0.467 e. The number of rotatable bonds is 11. The third-order valence-electron chi connectivity index (χ3n) is 4.99. The predicted octanol–water partition coefficient (Wildman–Crippen LogP) is 3.43. The molecule has 0 aliphatic rings. The Morgan fingerprint density at radius 3 is 2.42 bits per heavy atom. The summed E-state index contributed by atoms with van der Waals surface area (Å²) < 4.78 is 25.0. The quantitative estimate of drug-likeness (QED) is 0.461. The number of nitrogens with zero attached hydrogens (tertiary/aromatic N) is 1. The van der Waals surface area contributed by atoms with E-state index < -0.39 is 29.6 Å². The molecule has 0 saturated carbocycles. The first kappa shape index (κ1) is 23.8. The average molecular weight is 455 g/mol. The summed E-state index contributed by atoms with van der Waals surface area (Å²) >= 11 is 0. The highest BCUT2D eigenvalue weighted by molar-refractivity contribution is 5.95. The van der Waals surface area contributed by atoms with Crippen LogP contribution in [-0.4, -0.2) is 35.7 Å². The lowest BCUT2D eigenvalue weighted by atomic mass is 10.0. The van der Waals surface area contributed by atoms with E-state index in [-0.39, 0.29) is 31.0 Å². The van der Waals surface area contributed by atoms with Crippen LogP contribution in [0.5, 0.6) is 0 Å². The van der Waals surface area contributed by atoms with E-state index in [1.165, 1.54) is 41.7 Å². The molecule has 3 rings (SSSR count). The van der Waals surface area contributed by atoms with Gasteiger partial charge in [-0.1, -0.05) is 31.5 Å². The Morgan fingerprint density at radius 1 is 1.00 bits per heavy atom. The van der Waals surface area contributed by atoms with E-state index in [0.717, 1.165) is 6.42 Å². The van der Waals surface area contributed by atoms with E-state index in [2.05, 4.69) is 10.6 Å². The molecule has 174 valence electrons. The first-order chi connectivity index (χ1) is 16.0. The molecule has 0 aliphatic carbocycles. The van der Waals surface area contributed by atoms with Gasteiger partial charge in [0.15, 0.2) is 5.76 Å². The lowest BCUT2D eigenvalue weighted by Gasteiger charge is -2.31. The van der Waals surface area contributed by atoms with Crippen LogP contribution in [0, 0.1) is 5.82 Å². The van der Waals surface area contributed by atoms with Crippen molar-refractivity contribution in [2.75, 3.05) is 13.1 Å². The highest BCUT2D eigenvalue weighted by Gasteiger charge is 2.33. The van der Waals surface area contributed by atoms with Crippen LogP contribution >= 0.6 is 0 Å². The highest BCUT2D eigenvalue weighted by Crippen LogP contribution is 2.25. The second-order valence-corrected chi connectivity index (χ2v) is 7.32. The maximum Gasteiger partial charge on any atom is 0.287 e. The highest BCUT2D eigenvalue weighted by atomic mass is 19.1. The fourth-order valence-corrected chi connectivity index (χ4v) is 3.31. The summed E-state index contributed by atoms with van der Waals surface area (Å²) in [6.45, 7) is 1.86. The van der Waals surface area contributed by atoms with Gasteiger partial charge in [-0.2, -0.15) is 0 Å². The molecule has 2 aromatic heterocycles. The first-order valence-electron chi connectivity index (χ1n) is 10.7. The van der Waals surface area contributed by atoms with Gasteiger partial charge in [0, 0.05) is 12.1 Å². The SMILES string of the molecule is CCCCN(C(=O)CNC(=O)c1ccco1)C(C(=O)NCc1ccco1)c1ccccc1F. The fourth-order valence-electron chi connectivity index (χ4n) is 3.31. The number of hydrogen-bond acceptors (Lipinski definition) is 5. The molecule has 1 aromatic carbocycles. The van der Waals surface area contributed by atoms with Gasteiger partial charge in [-0.05, 0) is 36.8 Å². The molecule has 1 atom stereocenters. The zero-order valence-corrected chi connectivity index (χ0v) is 18.3. The smallest absolute Gasteiger partial charge is 0.287 e. The Morgan fingerprint density at radius 2 is 1.76 bits per heavy atom. The van der Waals surface area contributed by atoms with Crippen LogP contribution in [0.25, 0.3) is 0 Å². The van der Waals surface area contributed by atoms with Crippen molar-refractivity contribution in [2.45, 2.75) is 32.4 Å². The summed E-state index contributed by atoms with van der Waals surface area (Å²) in [6, 6.07) is 11.0. The zero-order chi connectivity index (χ0) is 23.6. The minimum Gasteiger partial charge on any atom is -0.467 e. The molecule has 8 nitrogen and oxygen atoms in total. The minimum atomic E-state index is -1.22. The molecule has 0 bridgehead atoms. The van der Waals surface area contributed by atoms with E-state index in [9.17, 15) is 18.8 Å². The summed E-state index contributed by atoms with van der Waals surface area (Å²) in [5.41, 5.74) is 0.0660. The van der Waals surface area contributed by atoms with E-state index >= 15 is 0 Å². The Hall–Kier alpha value is -3.88. The van der Waals surface area contributed by atoms with Gasteiger partial charge >= 0.3 is 0 Å². The van der Waals surface area contributed by atoms with Crippen molar-refractivity contribution in [3.63, 3.8) is 0 Å². The molecule has 0 fully saturated rings. The third kappa shape index (κ3) is 6.31. The maximum absolute atomic E-state index is 14.7. The molecule has 9 heteroatoms. The number of furan rings is 2. The van der Waals surface area contributed by atoms with Gasteiger partial charge in [0.2, 0.25) is 11.8 Å². The Kier molecular flexibility index (Phi) is 8.40. The fraction of sp³-hybridized carbons (Fsp3) is 0.292. The predicted molar refractivity (Wildman–Crippen MR) is 117 cm³/mol. The van der Waals surface area contributed by atoms with Crippen molar-refractivity contribution in [1.29, 1.82) is 0 Å². The van der Waals surface area contributed by atoms with Crippen molar-refractivity contribution >= 4 is 17.7 Å². The van der Waals surface area contributed by atoms with Crippen molar-refractivity contribution in [2.24, 2.45) is 0 Å². The summed E-state index contributed by atoms with van der Waals surface area (Å²) in [7, 11) is 0. The number of benzene rings is 1. The molecule has 0 saturated heterocycles. The van der Waals surface area contributed by atoms with Gasteiger partial charge in [-0.3, -0.25) is 14.4 Å². The monoisotopic (exact) mass is 455 g/mol. The molecule has 2 N–H and O–H groups in total. The van der Waals surface area contributed by atoms with Crippen LogP contribution < -0.4 is 10.6 Å². The van der Waals surface area contributed by atoms with E-state index in [1.807, 2.05) is 6.92 Å². The van der Waals surface area contributed by atoms with Gasteiger partial charge in [-0.25, -0.2) is 4.39 Å². The molecule has 0 radical (unpaired) electrons. The van der Waals surface area contributed by atoms with E-state index in [4.69, 9.17) is 8.83 Å². The Labute approximate surface area is 190 Å². The summed E-state index contributed by atoms with van der Waals surface area (Å²) in [5.74, 6) is -1.67. The normalized spacial score (nSPS) is 11.6. The van der Waals surface area contributed by atoms with Crippen molar-refractivity contribution in [3.05, 3.63) is 84.0 Å². The number of unbranched alkanes of at least 4 members (excludes halogenated alkanes) is 1. The molecule has 2 heterocycles. The number of halogens is 1. The molecule has 33 heavy (non-hydrogen) atoms. The molecule has 3 amide bonds. The van der Waals surface area contributed by atoms with Gasteiger partial charge in [0.25, 0.3) is 5.91 Å². The number of amides is 3. The van der Waals surface area contributed by atoms with Crippen LogP contribution in [0.15, 0.2) is 69.9 Å². The maximum atomic E-state index is 14.7. The van der Waals surface area contributed by atoms with Gasteiger partial charge in [0.05, 0.1) is 25.6 Å². The van der Waals surface area contributed by atoms with E-state index in [1.54, 1.807) is 24.3 Å². The van der Waals surface area contributed by atoms with Gasteiger partial charge < -0.3 is 24.4 Å². The van der Waals surface area contributed by atoms with Crippen molar-refractivity contribution in [1.82, 2.24) is 15.5 Å². The standard InChI is InChI=1S/C24H26FN3O5/c1-2-3-12-28(21(29)16-27-23(30)20-11-7-14-33-20)22(18-9-4-5-10-19(18)25)24(31)26-15-17-8-6-13-32-17/h4-11,13-14,22H,2-3,12,15-16H2,1H3,(H,26,31)(H,27,30). The summed E-state index contributed by atoms with van der Waals surface area (Å²) in [4.78, 5) is 39.8. The van der Waals surface area contributed by atoms with Crippen molar-refractivity contribution < 1.29 is 27.6 Å². The molecule has 1 unspecified atom stereocenters. The second kappa shape index (κ2) is 11.7. The van der Waals surface area contributed by atoms with Gasteiger partial charge in [0.1, 0.15) is 17.6 Å². The van der Waals surface area contributed by atoms with E-state index in [0.29, 0.717) is 12.2 Å². The summed E-state index contributed by atoms with van der Waals surface area (Å²) in [5, 5.41) is 5.21. The molecular formula is C24H26FN3O5. The van der Waals surface area contributed by atoms with Crippen LogP contribution in [-0.2, 0) is 16.1 Å². The topological polar surface area (TPSA) is 105 Å². The van der Waals surface area contributed by atoms with Crippen LogP contribution in [0.3, 0.4) is 0 Å². The Bertz CT molecular complexity index is 1050. The third-order valence-corrected chi connectivity index (χ3v) is 4.99. The number of hydrogen-bond donors (Lipinski definition) is 2. The molecule has 0 aliphatic heterocycles. The summed E-state index contributed by atoms with van der Waals surface area (Å²) in [6.07, 6.45) is 4.17. The number of carbonyl (C=O) groups excluding carboxylic acids is 3. The van der Waals surface area contributed by atoms with Gasteiger partial charge in [-0.15, -0.1) is 0 Å². The lowest BCUT2D eigenvalue weighted by molar-refractivity contribution is -0.140. The Balaban J connectivity index is 1.83. The molecular weight excluding hydrogens is 429 g/mol. The van der Waals surface area contributed by atoms with Crippen LogP contribution in [0.1, 0.15) is 47.7 Å². The average Bonchev–Trinajstić information content (AvgIpc) is 3.54. The zero-order valence-electron chi connectivity index (χ0n) is 18.3. The minimum absolute atomic E-state index is 0.0600. The second-order valence-electron chi connectivity index (χ2n) is 7.32. The van der Waals surface area contributed by atoms with Crippen LogP contribution in [0.4, 0.5) is 4.39 Å².